The van der Waals surface area contributed by atoms with E-state index < -0.39 is 5.97 Å². The third kappa shape index (κ3) is 3.20. The van der Waals surface area contributed by atoms with Gasteiger partial charge in [0.2, 0.25) is 0 Å². The number of oxazole rings is 1. The number of furan rings is 1. The molecule has 2 aromatic heterocycles. The van der Waals surface area contributed by atoms with Gasteiger partial charge in [-0.15, -0.1) is 0 Å². The highest BCUT2D eigenvalue weighted by molar-refractivity contribution is 9.10. The molecule has 0 saturated heterocycles. The van der Waals surface area contributed by atoms with E-state index in [1.165, 1.54) is 6.08 Å². The monoisotopic (exact) mass is 365 g/mol. The number of benzene rings is 1. The number of carbonyl (C=O) groups is 1. The largest absolute Gasteiger partial charge is 0.477 e. The zero-order valence-corrected chi connectivity index (χ0v) is 12.8. The molecule has 106 valence electrons. The van der Waals surface area contributed by atoms with Crippen molar-refractivity contribution in [3.05, 3.63) is 51.7 Å². The fraction of sp³-hybridized carbons (Fsp3) is 0. The Balaban J connectivity index is 1.91. The lowest BCUT2D eigenvalue weighted by Gasteiger charge is -1.96. The minimum atomic E-state index is -1.07. The van der Waals surface area contributed by atoms with Crippen molar-refractivity contribution < 1.29 is 18.7 Å². The van der Waals surface area contributed by atoms with Gasteiger partial charge in [-0.3, -0.25) is 0 Å². The van der Waals surface area contributed by atoms with E-state index in [0.29, 0.717) is 21.5 Å². The lowest BCUT2D eigenvalue weighted by Crippen LogP contribution is -1.96. The molecule has 1 aromatic carbocycles. The van der Waals surface area contributed by atoms with Gasteiger partial charge in [0, 0.05) is 6.08 Å². The third-order valence-corrected chi connectivity index (χ3v) is 3.84. The van der Waals surface area contributed by atoms with Crippen LogP contribution in [-0.4, -0.2) is 16.1 Å². The molecule has 0 aliphatic rings. The lowest BCUT2D eigenvalue weighted by molar-refractivity contribution is -0.131. The molecule has 1 N–H and O–H groups in total. The van der Waals surface area contributed by atoms with E-state index in [0.717, 1.165) is 11.8 Å². The number of rotatable bonds is 4. The van der Waals surface area contributed by atoms with Crippen LogP contribution < -0.4 is 0 Å². The number of aliphatic carboxylic acids is 1. The van der Waals surface area contributed by atoms with E-state index in [-0.39, 0.29) is 10.1 Å². The first-order chi connectivity index (χ1) is 10.1. The predicted molar refractivity (Wildman–Crippen MR) is 81.9 cm³/mol. The van der Waals surface area contributed by atoms with Crippen molar-refractivity contribution in [3.63, 3.8) is 0 Å². The Morgan fingerprint density at radius 2 is 2.05 bits per heavy atom. The average Bonchev–Trinajstić information content (AvgIpc) is 3.03. The lowest BCUT2D eigenvalue weighted by atomic mass is 10.3. The second-order valence-corrected chi connectivity index (χ2v) is 5.78. The Labute approximate surface area is 131 Å². The van der Waals surface area contributed by atoms with Crippen LogP contribution in [0.1, 0.15) is 5.76 Å². The van der Waals surface area contributed by atoms with Crippen molar-refractivity contribution in [2.75, 3.05) is 0 Å². The Kier molecular flexibility index (Phi) is 3.85. The van der Waals surface area contributed by atoms with Gasteiger partial charge in [-0.1, -0.05) is 12.1 Å². The fourth-order valence-corrected chi connectivity index (χ4v) is 2.70. The first-order valence-corrected chi connectivity index (χ1v) is 7.46. The number of hydrogen-bond donors (Lipinski definition) is 1. The number of hydrogen-bond acceptors (Lipinski definition) is 5. The molecule has 3 aromatic rings. The van der Waals surface area contributed by atoms with Gasteiger partial charge in [0.25, 0.3) is 5.22 Å². The SMILES string of the molecule is O=C(O)/C(=C\c1ccc(Br)o1)Sc1nc2ccccc2o1. The first kappa shape index (κ1) is 14.0. The number of carboxylic acid groups (broad SMARTS) is 1. The summed E-state index contributed by atoms with van der Waals surface area (Å²) in [6.07, 6.45) is 1.42. The van der Waals surface area contributed by atoms with Crippen molar-refractivity contribution in [2.45, 2.75) is 5.22 Å². The standard InChI is InChI=1S/C14H8BrNO4S/c15-12-6-5-8(19-12)7-11(13(17)18)21-14-16-9-3-1-2-4-10(9)20-14/h1-7H,(H,17,18)/b11-7+. The van der Waals surface area contributed by atoms with Gasteiger partial charge in [0.05, 0.1) is 0 Å². The van der Waals surface area contributed by atoms with E-state index in [9.17, 15) is 9.90 Å². The van der Waals surface area contributed by atoms with E-state index in [4.69, 9.17) is 8.83 Å². The summed E-state index contributed by atoms with van der Waals surface area (Å²) in [5, 5.41) is 9.54. The maximum atomic E-state index is 11.3. The first-order valence-electron chi connectivity index (χ1n) is 5.85. The van der Waals surface area contributed by atoms with Gasteiger partial charge < -0.3 is 13.9 Å². The van der Waals surface area contributed by atoms with Gasteiger partial charge >= 0.3 is 5.97 Å². The molecule has 0 radical (unpaired) electrons. The molecule has 3 rings (SSSR count). The van der Waals surface area contributed by atoms with Gasteiger partial charge in [-0.05, 0) is 52.0 Å². The Bertz CT molecular complexity index is 803. The van der Waals surface area contributed by atoms with Crippen molar-refractivity contribution in [3.8, 4) is 0 Å². The zero-order valence-electron chi connectivity index (χ0n) is 10.4. The van der Waals surface area contributed by atoms with Crippen LogP contribution in [-0.2, 0) is 4.79 Å². The number of thioether (sulfide) groups is 1. The van der Waals surface area contributed by atoms with Gasteiger partial charge in [0.15, 0.2) is 10.3 Å². The van der Waals surface area contributed by atoms with Crippen molar-refractivity contribution >= 4 is 50.8 Å². The van der Waals surface area contributed by atoms with Crippen LogP contribution in [0.2, 0.25) is 0 Å². The third-order valence-electron chi connectivity index (χ3n) is 2.55. The molecule has 5 nitrogen and oxygen atoms in total. The molecular formula is C14H8BrNO4S. The molecule has 0 bridgehead atoms. The van der Waals surface area contributed by atoms with Crippen LogP contribution in [0, 0.1) is 0 Å². The molecular weight excluding hydrogens is 358 g/mol. The van der Waals surface area contributed by atoms with Crippen LogP contribution in [0.5, 0.6) is 0 Å². The maximum Gasteiger partial charge on any atom is 0.342 e. The normalized spacial score (nSPS) is 12.0. The molecule has 0 fully saturated rings. The summed E-state index contributed by atoms with van der Waals surface area (Å²) < 4.78 is 11.3. The molecule has 2 heterocycles. The predicted octanol–water partition coefficient (Wildman–Crippen LogP) is 4.40. The van der Waals surface area contributed by atoms with Gasteiger partial charge in [-0.2, -0.15) is 0 Å². The summed E-state index contributed by atoms with van der Waals surface area (Å²) in [4.78, 5) is 15.6. The van der Waals surface area contributed by atoms with Gasteiger partial charge in [0.1, 0.15) is 16.2 Å². The van der Waals surface area contributed by atoms with Crippen LogP contribution in [0.4, 0.5) is 0 Å². The van der Waals surface area contributed by atoms with Gasteiger partial charge in [-0.25, -0.2) is 9.78 Å². The van der Waals surface area contributed by atoms with E-state index in [1.807, 2.05) is 12.1 Å². The van der Waals surface area contributed by atoms with Crippen molar-refractivity contribution in [1.82, 2.24) is 4.98 Å². The molecule has 0 amide bonds. The minimum Gasteiger partial charge on any atom is -0.477 e. The highest BCUT2D eigenvalue weighted by Gasteiger charge is 2.15. The zero-order chi connectivity index (χ0) is 14.8. The Morgan fingerprint density at radius 1 is 1.24 bits per heavy atom. The maximum absolute atomic E-state index is 11.3. The summed E-state index contributed by atoms with van der Waals surface area (Å²) in [5.41, 5.74) is 1.30. The highest BCUT2D eigenvalue weighted by Crippen LogP contribution is 2.31. The van der Waals surface area contributed by atoms with Crippen molar-refractivity contribution in [2.24, 2.45) is 0 Å². The number of halogens is 1. The number of aromatic nitrogens is 1. The van der Waals surface area contributed by atoms with Crippen molar-refractivity contribution in [1.29, 1.82) is 0 Å². The molecule has 0 saturated carbocycles. The summed E-state index contributed by atoms with van der Waals surface area (Å²) in [6, 6.07) is 10.6. The summed E-state index contributed by atoms with van der Waals surface area (Å²) >= 11 is 4.10. The molecule has 0 atom stereocenters. The quantitative estimate of drug-likeness (QED) is 0.545. The number of para-hydroxylation sites is 2. The van der Waals surface area contributed by atoms with Crippen LogP contribution in [0.15, 0.2) is 60.0 Å². The number of nitrogens with zero attached hydrogens (tertiary/aromatic N) is 1. The van der Waals surface area contributed by atoms with Crippen LogP contribution >= 0.6 is 27.7 Å². The Morgan fingerprint density at radius 3 is 2.71 bits per heavy atom. The van der Waals surface area contributed by atoms with E-state index >= 15 is 0 Å². The topological polar surface area (TPSA) is 76.5 Å². The molecule has 0 aliphatic heterocycles. The molecule has 21 heavy (non-hydrogen) atoms. The average molecular weight is 366 g/mol. The molecule has 7 heteroatoms. The van der Waals surface area contributed by atoms with Crippen LogP contribution in [0.25, 0.3) is 17.2 Å². The number of carboxylic acids is 1. The Hall–Kier alpha value is -1.99. The second-order valence-electron chi connectivity index (χ2n) is 4.01. The minimum absolute atomic E-state index is 0.0587. The highest BCUT2D eigenvalue weighted by atomic mass is 79.9. The smallest absolute Gasteiger partial charge is 0.342 e. The summed E-state index contributed by atoms with van der Waals surface area (Å²) in [6.45, 7) is 0. The second kappa shape index (κ2) is 5.79. The van der Waals surface area contributed by atoms with E-state index in [2.05, 4.69) is 20.9 Å². The fourth-order valence-electron chi connectivity index (χ4n) is 1.66. The van der Waals surface area contributed by atoms with E-state index in [1.54, 1.807) is 24.3 Å². The summed E-state index contributed by atoms with van der Waals surface area (Å²) in [7, 11) is 0. The summed E-state index contributed by atoms with van der Waals surface area (Å²) in [5.74, 6) is -0.641. The molecule has 0 spiro atoms. The van der Waals surface area contributed by atoms with Crippen LogP contribution in [0.3, 0.4) is 0 Å². The molecule has 0 aliphatic carbocycles. The molecule has 0 unspecified atom stereocenters. The number of fused-ring (bicyclic) bond motifs is 1.